The lowest BCUT2D eigenvalue weighted by molar-refractivity contribution is -0.132. The lowest BCUT2D eigenvalue weighted by Gasteiger charge is -2.24. The van der Waals surface area contributed by atoms with Gasteiger partial charge in [-0.1, -0.05) is 53.5 Å². The Balaban J connectivity index is 1.21. The van der Waals surface area contributed by atoms with Crippen molar-refractivity contribution in [1.29, 1.82) is 0 Å². The minimum Gasteiger partial charge on any atom is -0.340 e. The van der Waals surface area contributed by atoms with Gasteiger partial charge >= 0.3 is 0 Å². The Labute approximate surface area is 192 Å². The third-order valence-corrected chi connectivity index (χ3v) is 7.34. The molecule has 1 unspecified atom stereocenters. The van der Waals surface area contributed by atoms with Gasteiger partial charge in [-0.2, -0.15) is 0 Å². The molecule has 2 saturated heterocycles. The smallest absolute Gasteiger partial charge is 0.224 e. The molecule has 2 fully saturated rings. The van der Waals surface area contributed by atoms with Crippen LogP contribution in [0.5, 0.6) is 0 Å². The number of nitrogens with zero attached hydrogens (tertiary/aromatic N) is 3. The van der Waals surface area contributed by atoms with E-state index in [1.165, 1.54) is 5.56 Å². The van der Waals surface area contributed by atoms with Crippen LogP contribution in [0.4, 0.5) is 0 Å². The summed E-state index contributed by atoms with van der Waals surface area (Å²) in [5.74, 6) is 1.61. The highest BCUT2D eigenvalue weighted by atomic mass is 35.5. The second-order valence-corrected chi connectivity index (χ2v) is 9.41. The molecule has 5 nitrogen and oxygen atoms in total. The summed E-state index contributed by atoms with van der Waals surface area (Å²) in [6.45, 7) is 3.69. The normalized spacial score (nSPS) is 21.9. The van der Waals surface area contributed by atoms with E-state index < -0.39 is 0 Å². The molecular formula is C24H26Cl2N4O. The molecule has 0 aliphatic carbocycles. The Morgan fingerprint density at radius 1 is 1.10 bits per heavy atom. The number of halogens is 2. The van der Waals surface area contributed by atoms with Gasteiger partial charge in [0.1, 0.15) is 5.82 Å². The fourth-order valence-electron chi connectivity index (χ4n) is 4.96. The van der Waals surface area contributed by atoms with Gasteiger partial charge in [-0.3, -0.25) is 4.79 Å². The monoisotopic (exact) mass is 456 g/mol. The molecule has 2 aromatic carbocycles. The van der Waals surface area contributed by atoms with Crippen LogP contribution in [-0.2, 0) is 4.79 Å². The van der Waals surface area contributed by atoms with Gasteiger partial charge in [-0.15, -0.1) is 0 Å². The number of benzene rings is 2. The van der Waals surface area contributed by atoms with Crippen molar-refractivity contribution < 1.29 is 4.79 Å². The number of carbonyl (C=O) groups is 1. The number of aromatic amines is 1. The molecule has 0 spiro atoms. The number of amides is 1. The zero-order chi connectivity index (χ0) is 21.4. The van der Waals surface area contributed by atoms with E-state index in [4.69, 9.17) is 28.2 Å². The molecule has 1 amide bonds. The van der Waals surface area contributed by atoms with Gasteiger partial charge in [-0.25, -0.2) is 4.98 Å². The summed E-state index contributed by atoms with van der Waals surface area (Å²) < 4.78 is 0. The number of hydrogen-bond acceptors (Lipinski definition) is 3. The maximum Gasteiger partial charge on any atom is 0.224 e. The Morgan fingerprint density at radius 3 is 2.74 bits per heavy atom. The summed E-state index contributed by atoms with van der Waals surface area (Å²) in [5, 5.41) is 0.995. The molecule has 2 aliphatic heterocycles. The van der Waals surface area contributed by atoms with E-state index in [0.29, 0.717) is 22.4 Å². The summed E-state index contributed by atoms with van der Waals surface area (Å²) in [5.41, 5.74) is 3.04. The average molecular weight is 457 g/mol. The second-order valence-electron chi connectivity index (χ2n) is 8.60. The summed E-state index contributed by atoms with van der Waals surface area (Å²) >= 11 is 12.3. The fourth-order valence-corrected chi connectivity index (χ4v) is 5.28. The van der Waals surface area contributed by atoms with Crippen LogP contribution < -0.4 is 0 Å². The largest absolute Gasteiger partial charge is 0.340 e. The summed E-state index contributed by atoms with van der Waals surface area (Å²) in [7, 11) is 0. The van der Waals surface area contributed by atoms with Crippen LogP contribution in [-0.4, -0.2) is 51.9 Å². The summed E-state index contributed by atoms with van der Waals surface area (Å²) in [6.07, 6.45) is 3.63. The van der Waals surface area contributed by atoms with Crippen molar-refractivity contribution in [2.24, 2.45) is 0 Å². The van der Waals surface area contributed by atoms with Crippen molar-refractivity contribution in [1.82, 2.24) is 19.8 Å². The molecule has 2 aliphatic rings. The highest BCUT2D eigenvalue weighted by Crippen LogP contribution is 2.34. The maximum absolute atomic E-state index is 13.1. The zero-order valence-corrected chi connectivity index (χ0v) is 18.9. The van der Waals surface area contributed by atoms with Crippen molar-refractivity contribution >= 4 is 40.1 Å². The highest BCUT2D eigenvalue weighted by molar-refractivity contribution is 6.42. The van der Waals surface area contributed by atoms with Crippen LogP contribution in [0.3, 0.4) is 0 Å². The molecule has 0 bridgehead atoms. The first kappa shape index (κ1) is 20.8. The molecule has 7 heteroatoms. The third kappa shape index (κ3) is 4.32. The molecule has 5 rings (SSSR count). The number of rotatable bonds is 5. The van der Waals surface area contributed by atoms with E-state index in [1.807, 2.05) is 4.90 Å². The second kappa shape index (κ2) is 8.81. The van der Waals surface area contributed by atoms with Crippen LogP contribution >= 0.6 is 23.2 Å². The predicted octanol–water partition coefficient (Wildman–Crippen LogP) is 5.41. The average Bonchev–Trinajstić information content (AvgIpc) is 3.52. The molecule has 1 aromatic heterocycles. The quantitative estimate of drug-likeness (QED) is 0.557. The first-order valence-corrected chi connectivity index (χ1v) is 11.8. The van der Waals surface area contributed by atoms with E-state index in [-0.39, 0.29) is 11.9 Å². The van der Waals surface area contributed by atoms with Crippen LogP contribution in [0.15, 0.2) is 42.5 Å². The number of nitrogens with one attached hydrogen (secondary N) is 1. The van der Waals surface area contributed by atoms with E-state index in [1.54, 1.807) is 12.1 Å². The summed E-state index contributed by atoms with van der Waals surface area (Å²) in [6, 6.07) is 14.3. The molecule has 162 valence electrons. The highest BCUT2D eigenvalue weighted by Gasteiger charge is 2.32. The number of carbonyl (C=O) groups excluding carboxylic acids is 1. The zero-order valence-electron chi connectivity index (χ0n) is 17.4. The molecule has 0 radical (unpaired) electrons. The molecule has 2 atom stereocenters. The molecular weight excluding hydrogens is 431 g/mol. The number of aromatic nitrogens is 2. The first-order valence-electron chi connectivity index (χ1n) is 11.0. The Hall–Kier alpha value is -2.08. The number of H-pyrrole nitrogens is 1. The van der Waals surface area contributed by atoms with Crippen molar-refractivity contribution in [3.05, 3.63) is 63.9 Å². The van der Waals surface area contributed by atoms with Crippen LogP contribution in [0.25, 0.3) is 11.0 Å². The van der Waals surface area contributed by atoms with Gasteiger partial charge < -0.3 is 14.8 Å². The SMILES string of the molecule is O=C(CCN1CCC(c2ccccc2)C1)N1CCC[C@H]1c1nc2cc(Cl)c(Cl)cc2[nH]1. The maximum atomic E-state index is 13.1. The van der Waals surface area contributed by atoms with E-state index in [0.717, 1.165) is 62.3 Å². The lowest BCUT2D eigenvalue weighted by Crippen LogP contribution is -2.34. The van der Waals surface area contributed by atoms with Gasteiger partial charge in [0.2, 0.25) is 5.91 Å². The number of likely N-dealkylation sites (tertiary alicyclic amines) is 2. The molecule has 3 aromatic rings. The predicted molar refractivity (Wildman–Crippen MR) is 125 cm³/mol. The number of fused-ring (bicyclic) bond motifs is 1. The van der Waals surface area contributed by atoms with Crippen LogP contribution in [0, 0.1) is 0 Å². The van der Waals surface area contributed by atoms with Crippen LogP contribution in [0.1, 0.15) is 49.0 Å². The minimum atomic E-state index is -0.00639. The van der Waals surface area contributed by atoms with Gasteiger partial charge in [0.25, 0.3) is 0 Å². The van der Waals surface area contributed by atoms with Crippen molar-refractivity contribution in [3.63, 3.8) is 0 Å². The van der Waals surface area contributed by atoms with E-state index in [2.05, 4.69) is 40.2 Å². The molecule has 31 heavy (non-hydrogen) atoms. The fraction of sp³-hybridized carbons (Fsp3) is 0.417. The van der Waals surface area contributed by atoms with Gasteiger partial charge in [0, 0.05) is 26.1 Å². The molecule has 3 heterocycles. The Kier molecular flexibility index (Phi) is 5.91. The summed E-state index contributed by atoms with van der Waals surface area (Å²) in [4.78, 5) is 25.6. The van der Waals surface area contributed by atoms with Crippen molar-refractivity contribution in [2.45, 2.75) is 37.6 Å². The third-order valence-electron chi connectivity index (χ3n) is 6.62. The first-order chi connectivity index (χ1) is 15.1. The Morgan fingerprint density at radius 2 is 1.90 bits per heavy atom. The molecule has 0 saturated carbocycles. The molecule has 1 N–H and O–H groups in total. The minimum absolute atomic E-state index is 0.00639. The van der Waals surface area contributed by atoms with Gasteiger partial charge in [0.15, 0.2) is 0 Å². The lowest BCUT2D eigenvalue weighted by atomic mass is 9.99. The number of hydrogen-bond donors (Lipinski definition) is 1. The van der Waals surface area contributed by atoms with E-state index >= 15 is 0 Å². The van der Waals surface area contributed by atoms with E-state index in [9.17, 15) is 4.79 Å². The van der Waals surface area contributed by atoms with Gasteiger partial charge in [-0.05, 0) is 49.4 Å². The Bertz CT molecular complexity index is 1040. The van der Waals surface area contributed by atoms with Crippen LogP contribution in [0.2, 0.25) is 10.0 Å². The number of imidazole rings is 1. The van der Waals surface area contributed by atoms with Crippen molar-refractivity contribution in [3.8, 4) is 0 Å². The van der Waals surface area contributed by atoms with Gasteiger partial charge in [0.05, 0.1) is 27.1 Å². The standard InChI is InChI=1S/C24H26Cl2N4O/c25-18-13-20-21(14-19(18)26)28-24(27-20)22-7-4-10-30(22)23(31)9-12-29-11-8-17(15-29)16-5-2-1-3-6-16/h1-3,5-6,13-14,17,22H,4,7-12,15H2,(H,27,28)/t17?,22-/m0/s1. The topological polar surface area (TPSA) is 52.2 Å². The van der Waals surface area contributed by atoms with Crippen molar-refractivity contribution in [2.75, 3.05) is 26.2 Å².